The van der Waals surface area contributed by atoms with Crippen LogP contribution in [0.1, 0.15) is 10.6 Å². The molecule has 1 aromatic heterocycles. The second-order valence-corrected chi connectivity index (χ2v) is 6.06. The maximum Gasteiger partial charge on any atom is 0.294 e. The highest BCUT2D eigenvalue weighted by atomic mass is 32.2. The number of fused-ring (bicyclic) bond motifs is 2. The lowest BCUT2D eigenvalue weighted by atomic mass is 10.2. The summed E-state index contributed by atoms with van der Waals surface area (Å²) in [5, 5.41) is 0.959. The van der Waals surface area contributed by atoms with Gasteiger partial charge in [-0.2, -0.15) is 0 Å². The molecule has 1 aliphatic rings. The number of furan rings is 1. The number of hydrogen-bond donors (Lipinski definition) is 0. The van der Waals surface area contributed by atoms with E-state index < -0.39 is 0 Å². The van der Waals surface area contributed by atoms with Crippen LogP contribution < -0.4 is 4.90 Å². The first-order chi connectivity index (χ1) is 10.3. The molecule has 4 rings (SSSR count). The first-order valence-electron chi connectivity index (χ1n) is 6.85. The summed E-state index contributed by atoms with van der Waals surface area (Å²) in [5.41, 5.74) is 1.72. The topological polar surface area (TPSA) is 33.5 Å². The second kappa shape index (κ2) is 4.97. The number of amides is 1. The molecular formula is C17H13NO2S. The van der Waals surface area contributed by atoms with E-state index in [0.717, 1.165) is 27.3 Å². The summed E-state index contributed by atoms with van der Waals surface area (Å²) in [6.45, 7) is 0.706. The van der Waals surface area contributed by atoms with Crippen LogP contribution in [-0.2, 0) is 0 Å². The summed E-state index contributed by atoms with van der Waals surface area (Å²) < 4.78 is 5.70. The molecule has 4 heteroatoms. The Hall–Kier alpha value is -2.20. The Balaban J connectivity index is 1.75. The van der Waals surface area contributed by atoms with Crippen molar-refractivity contribution >= 4 is 34.3 Å². The molecular weight excluding hydrogens is 282 g/mol. The predicted molar refractivity (Wildman–Crippen MR) is 85.1 cm³/mol. The van der Waals surface area contributed by atoms with Crippen molar-refractivity contribution in [1.29, 1.82) is 0 Å². The molecule has 21 heavy (non-hydrogen) atoms. The molecule has 0 saturated heterocycles. The lowest BCUT2D eigenvalue weighted by Gasteiger charge is -2.28. The fourth-order valence-electron chi connectivity index (χ4n) is 2.60. The summed E-state index contributed by atoms with van der Waals surface area (Å²) in [5.74, 6) is 1.24. The van der Waals surface area contributed by atoms with E-state index in [2.05, 4.69) is 6.07 Å². The third-order valence-electron chi connectivity index (χ3n) is 3.61. The monoisotopic (exact) mass is 295 g/mol. The van der Waals surface area contributed by atoms with Crippen LogP contribution in [0.5, 0.6) is 0 Å². The summed E-state index contributed by atoms with van der Waals surface area (Å²) in [6, 6.07) is 17.5. The Morgan fingerprint density at radius 2 is 1.90 bits per heavy atom. The van der Waals surface area contributed by atoms with E-state index in [1.165, 1.54) is 0 Å². The van der Waals surface area contributed by atoms with Crippen molar-refractivity contribution in [2.75, 3.05) is 17.2 Å². The van der Waals surface area contributed by atoms with Crippen molar-refractivity contribution in [1.82, 2.24) is 0 Å². The lowest BCUT2D eigenvalue weighted by Crippen LogP contribution is -2.35. The van der Waals surface area contributed by atoms with E-state index >= 15 is 0 Å². The van der Waals surface area contributed by atoms with Gasteiger partial charge in [0.05, 0.1) is 5.69 Å². The van der Waals surface area contributed by atoms with Crippen molar-refractivity contribution in [3.05, 3.63) is 60.4 Å². The number of thioether (sulfide) groups is 1. The maximum absolute atomic E-state index is 12.8. The van der Waals surface area contributed by atoms with Crippen molar-refractivity contribution in [3.63, 3.8) is 0 Å². The van der Waals surface area contributed by atoms with Gasteiger partial charge in [-0.05, 0) is 24.3 Å². The van der Waals surface area contributed by atoms with Crippen LogP contribution in [0, 0.1) is 0 Å². The molecule has 0 atom stereocenters. The van der Waals surface area contributed by atoms with Gasteiger partial charge in [-0.25, -0.2) is 0 Å². The quantitative estimate of drug-likeness (QED) is 0.675. The van der Waals surface area contributed by atoms with Crippen LogP contribution in [0.3, 0.4) is 0 Å². The molecule has 0 saturated carbocycles. The highest BCUT2D eigenvalue weighted by molar-refractivity contribution is 7.99. The second-order valence-electron chi connectivity index (χ2n) is 4.92. The van der Waals surface area contributed by atoms with Crippen molar-refractivity contribution in [2.45, 2.75) is 4.90 Å². The number of anilines is 1. The van der Waals surface area contributed by atoms with E-state index in [1.54, 1.807) is 11.8 Å². The average Bonchev–Trinajstić information content (AvgIpc) is 2.97. The van der Waals surface area contributed by atoms with E-state index in [-0.39, 0.29) is 5.91 Å². The van der Waals surface area contributed by atoms with Gasteiger partial charge in [0.1, 0.15) is 5.58 Å². The third kappa shape index (κ3) is 2.12. The van der Waals surface area contributed by atoms with E-state index in [9.17, 15) is 4.79 Å². The van der Waals surface area contributed by atoms with Crippen LogP contribution in [0.15, 0.2) is 63.9 Å². The Morgan fingerprint density at radius 3 is 2.81 bits per heavy atom. The molecule has 1 amide bonds. The van der Waals surface area contributed by atoms with Crippen LogP contribution in [0.25, 0.3) is 11.0 Å². The molecule has 0 unspecified atom stereocenters. The zero-order chi connectivity index (χ0) is 14.2. The van der Waals surface area contributed by atoms with Gasteiger partial charge in [-0.15, -0.1) is 11.8 Å². The van der Waals surface area contributed by atoms with Crippen molar-refractivity contribution in [2.24, 2.45) is 0 Å². The van der Waals surface area contributed by atoms with E-state index in [4.69, 9.17) is 4.42 Å². The number of benzene rings is 2. The SMILES string of the molecule is O=C(c1cc2ccccc2o1)N1CCSc2ccccc21. The molecule has 3 aromatic rings. The highest BCUT2D eigenvalue weighted by Crippen LogP contribution is 2.35. The van der Waals surface area contributed by atoms with Crippen LogP contribution >= 0.6 is 11.8 Å². The lowest BCUT2D eigenvalue weighted by molar-refractivity contribution is 0.0963. The normalized spacial score (nSPS) is 14.2. The van der Waals surface area contributed by atoms with Gasteiger partial charge in [0.25, 0.3) is 5.91 Å². The minimum absolute atomic E-state index is 0.0704. The Morgan fingerprint density at radius 1 is 1.10 bits per heavy atom. The smallest absolute Gasteiger partial charge is 0.294 e. The standard InChI is InChI=1S/C17H13NO2S/c19-17(15-11-12-5-1-3-7-14(12)20-15)18-9-10-21-16-8-4-2-6-13(16)18/h1-8,11H,9-10H2. The molecule has 0 radical (unpaired) electrons. The van der Waals surface area contributed by atoms with Crippen molar-refractivity contribution in [3.8, 4) is 0 Å². The van der Waals surface area contributed by atoms with Crippen LogP contribution in [0.4, 0.5) is 5.69 Å². The number of nitrogens with zero attached hydrogens (tertiary/aromatic N) is 1. The van der Waals surface area contributed by atoms with Gasteiger partial charge in [-0.1, -0.05) is 30.3 Å². The van der Waals surface area contributed by atoms with Crippen LogP contribution in [0.2, 0.25) is 0 Å². The Labute approximate surface area is 126 Å². The van der Waals surface area contributed by atoms with Gasteiger partial charge in [0.15, 0.2) is 5.76 Å². The summed E-state index contributed by atoms with van der Waals surface area (Å²) >= 11 is 1.79. The van der Waals surface area contributed by atoms with Gasteiger partial charge >= 0.3 is 0 Å². The molecule has 104 valence electrons. The molecule has 0 fully saturated rings. The molecule has 2 aromatic carbocycles. The largest absolute Gasteiger partial charge is 0.451 e. The highest BCUT2D eigenvalue weighted by Gasteiger charge is 2.25. The third-order valence-corrected chi connectivity index (χ3v) is 4.65. The zero-order valence-corrected chi connectivity index (χ0v) is 12.1. The van der Waals surface area contributed by atoms with E-state index in [1.807, 2.05) is 53.4 Å². The molecule has 1 aliphatic heterocycles. The van der Waals surface area contributed by atoms with Crippen LogP contribution in [-0.4, -0.2) is 18.2 Å². The van der Waals surface area contributed by atoms with Crippen molar-refractivity contribution < 1.29 is 9.21 Å². The minimum atomic E-state index is -0.0704. The van der Waals surface area contributed by atoms with E-state index in [0.29, 0.717) is 12.3 Å². The predicted octanol–water partition coefficient (Wildman–Crippen LogP) is 4.19. The zero-order valence-electron chi connectivity index (χ0n) is 11.3. The molecule has 2 heterocycles. The summed E-state index contributed by atoms with van der Waals surface area (Å²) in [4.78, 5) is 15.7. The summed E-state index contributed by atoms with van der Waals surface area (Å²) in [6.07, 6.45) is 0. The number of hydrogen-bond acceptors (Lipinski definition) is 3. The Bertz CT molecular complexity index is 791. The van der Waals surface area contributed by atoms with Gasteiger partial charge in [0, 0.05) is 22.6 Å². The fraction of sp³-hybridized carbons (Fsp3) is 0.118. The molecule has 0 N–H and O–H groups in total. The van der Waals surface area contributed by atoms with Gasteiger partial charge in [0.2, 0.25) is 0 Å². The number of carbonyl (C=O) groups is 1. The minimum Gasteiger partial charge on any atom is -0.451 e. The Kier molecular flexibility index (Phi) is 2.97. The molecule has 3 nitrogen and oxygen atoms in total. The first kappa shape index (κ1) is 12.5. The number of para-hydroxylation sites is 2. The molecule has 0 aliphatic carbocycles. The van der Waals surface area contributed by atoms with Gasteiger partial charge < -0.3 is 9.32 Å². The maximum atomic E-state index is 12.8. The average molecular weight is 295 g/mol. The molecule has 0 bridgehead atoms. The first-order valence-corrected chi connectivity index (χ1v) is 7.84. The summed E-state index contributed by atoms with van der Waals surface area (Å²) in [7, 11) is 0. The molecule has 0 spiro atoms. The fourth-order valence-corrected chi connectivity index (χ4v) is 3.60. The van der Waals surface area contributed by atoms with Gasteiger partial charge in [-0.3, -0.25) is 4.79 Å². The number of rotatable bonds is 1. The number of carbonyl (C=O) groups excluding carboxylic acids is 1.